The Bertz CT molecular complexity index is 439. The molecule has 0 aliphatic rings. The normalized spacial score (nSPS) is 10.6. The fourth-order valence-corrected chi connectivity index (χ4v) is 1.72. The van der Waals surface area contributed by atoms with E-state index in [1.807, 2.05) is 0 Å². The summed E-state index contributed by atoms with van der Waals surface area (Å²) < 4.78 is 15.7. The molecule has 0 heterocycles. The molecule has 0 saturated carbocycles. The molecule has 0 fully saturated rings. The summed E-state index contributed by atoms with van der Waals surface area (Å²) in [7, 11) is 1.67. The molecule has 1 rings (SSSR count). The highest BCUT2D eigenvalue weighted by atomic mass is 16.6. The standard InChI is InChI=1S/C14H22N2O5/c1-12-3-4-14(13(11-12)16(17)18)21-10-9-20-8-6-15-5-7-19-2/h3-4,11,15H,5-10H2,1-2H3/p+1. The lowest BCUT2D eigenvalue weighted by atomic mass is 10.2. The van der Waals surface area contributed by atoms with Gasteiger partial charge in [-0.25, -0.2) is 0 Å². The van der Waals surface area contributed by atoms with Gasteiger partial charge < -0.3 is 19.5 Å². The van der Waals surface area contributed by atoms with Crippen molar-refractivity contribution < 1.29 is 24.5 Å². The summed E-state index contributed by atoms with van der Waals surface area (Å²) in [5.74, 6) is 0.279. The Kier molecular flexibility index (Phi) is 8.34. The molecule has 0 radical (unpaired) electrons. The van der Waals surface area contributed by atoms with Gasteiger partial charge in [0.05, 0.1) is 37.8 Å². The van der Waals surface area contributed by atoms with Crippen molar-refractivity contribution in [1.82, 2.24) is 0 Å². The van der Waals surface area contributed by atoms with Crippen molar-refractivity contribution in [3.63, 3.8) is 0 Å². The third-order valence-electron chi connectivity index (χ3n) is 2.79. The number of nitrogens with zero attached hydrogens (tertiary/aromatic N) is 1. The first kappa shape index (κ1) is 17.4. The van der Waals surface area contributed by atoms with E-state index >= 15 is 0 Å². The van der Waals surface area contributed by atoms with E-state index < -0.39 is 4.92 Å². The molecule has 0 unspecified atom stereocenters. The zero-order chi connectivity index (χ0) is 15.5. The number of hydrogen-bond donors (Lipinski definition) is 1. The maximum absolute atomic E-state index is 10.9. The molecule has 1 aromatic rings. The van der Waals surface area contributed by atoms with Crippen LogP contribution in [0.5, 0.6) is 5.75 Å². The van der Waals surface area contributed by atoms with Crippen LogP contribution in [0.4, 0.5) is 5.69 Å². The van der Waals surface area contributed by atoms with Gasteiger partial charge in [-0.1, -0.05) is 6.07 Å². The molecule has 0 spiro atoms. The largest absolute Gasteiger partial charge is 0.484 e. The molecular formula is C14H23N2O5+. The Hall–Kier alpha value is -1.70. The molecule has 0 aliphatic carbocycles. The Morgan fingerprint density at radius 2 is 1.95 bits per heavy atom. The van der Waals surface area contributed by atoms with Crippen LogP contribution < -0.4 is 10.1 Å². The number of quaternary nitrogens is 1. The van der Waals surface area contributed by atoms with E-state index in [2.05, 4.69) is 5.32 Å². The summed E-state index contributed by atoms with van der Waals surface area (Å²) in [5, 5.41) is 13.0. The summed E-state index contributed by atoms with van der Waals surface area (Å²) in [6, 6.07) is 4.90. The van der Waals surface area contributed by atoms with E-state index in [0.717, 1.165) is 25.3 Å². The Balaban J connectivity index is 2.20. The second kappa shape index (κ2) is 10.1. The fraction of sp³-hybridized carbons (Fsp3) is 0.571. The van der Waals surface area contributed by atoms with Gasteiger partial charge in [0.1, 0.15) is 6.61 Å². The fourth-order valence-electron chi connectivity index (χ4n) is 1.72. The molecule has 0 amide bonds. The summed E-state index contributed by atoms with van der Waals surface area (Å²) in [4.78, 5) is 10.5. The van der Waals surface area contributed by atoms with E-state index in [-0.39, 0.29) is 11.4 Å². The minimum Gasteiger partial charge on any atom is -0.484 e. The molecule has 0 aromatic heterocycles. The SMILES string of the molecule is COCC[NH2+]CCOCCOc1ccc(C)cc1[N+](=O)[O-]. The van der Waals surface area contributed by atoms with Gasteiger partial charge in [0, 0.05) is 13.2 Å². The van der Waals surface area contributed by atoms with Gasteiger partial charge in [-0.2, -0.15) is 0 Å². The lowest BCUT2D eigenvalue weighted by molar-refractivity contribution is -0.657. The number of methoxy groups -OCH3 is 1. The first-order valence-corrected chi connectivity index (χ1v) is 6.91. The van der Waals surface area contributed by atoms with E-state index in [0.29, 0.717) is 19.8 Å². The molecule has 0 bridgehead atoms. The Labute approximate surface area is 124 Å². The summed E-state index contributed by atoms with van der Waals surface area (Å²) >= 11 is 0. The summed E-state index contributed by atoms with van der Waals surface area (Å²) in [6.45, 7) is 5.61. The van der Waals surface area contributed by atoms with E-state index in [4.69, 9.17) is 14.2 Å². The van der Waals surface area contributed by atoms with Crippen molar-refractivity contribution in [3.05, 3.63) is 33.9 Å². The molecule has 21 heavy (non-hydrogen) atoms. The molecule has 0 aliphatic heterocycles. The monoisotopic (exact) mass is 299 g/mol. The Morgan fingerprint density at radius 1 is 1.19 bits per heavy atom. The lowest BCUT2D eigenvalue weighted by Gasteiger charge is -2.08. The van der Waals surface area contributed by atoms with Crippen molar-refractivity contribution >= 4 is 5.69 Å². The smallest absolute Gasteiger partial charge is 0.311 e. The lowest BCUT2D eigenvalue weighted by Crippen LogP contribution is -2.86. The number of nitrogens with two attached hydrogens (primary N) is 1. The second-order valence-corrected chi connectivity index (χ2v) is 4.55. The van der Waals surface area contributed by atoms with Crippen molar-refractivity contribution in [1.29, 1.82) is 0 Å². The third-order valence-corrected chi connectivity index (χ3v) is 2.79. The second-order valence-electron chi connectivity index (χ2n) is 4.55. The van der Waals surface area contributed by atoms with Crippen molar-refractivity contribution in [3.8, 4) is 5.75 Å². The molecule has 2 N–H and O–H groups in total. The van der Waals surface area contributed by atoms with Crippen LogP contribution in [0.15, 0.2) is 18.2 Å². The summed E-state index contributed by atoms with van der Waals surface area (Å²) in [5.41, 5.74) is 0.819. The maximum atomic E-state index is 10.9. The van der Waals surface area contributed by atoms with Gasteiger partial charge in [0.2, 0.25) is 0 Å². The number of ether oxygens (including phenoxy) is 3. The van der Waals surface area contributed by atoms with Crippen LogP contribution >= 0.6 is 0 Å². The van der Waals surface area contributed by atoms with E-state index in [9.17, 15) is 10.1 Å². The molecule has 0 atom stereocenters. The zero-order valence-corrected chi connectivity index (χ0v) is 12.5. The Morgan fingerprint density at radius 3 is 2.67 bits per heavy atom. The number of rotatable bonds is 11. The third kappa shape index (κ3) is 7.03. The minimum absolute atomic E-state index is 0.0112. The molecule has 7 heteroatoms. The molecule has 1 aromatic carbocycles. The number of nitro benzene ring substituents is 1. The predicted octanol–water partition coefficient (Wildman–Crippen LogP) is 0.508. The van der Waals surface area contributed by atoms with Crippen LogP contribution in [-0.2, 0) is 9.47 Å². The van der Waals surface area contributed by atoms with Crippen molar-refractivity contribution in [2.45, 2.75) is 6.92 Å². The number of hydrogen-bond acceptors (Lipinski definition) is 5. The molecule has 0 saturated heterocycles. The van der Waals surface area contributed by atoms with Crippen LogP contribution in [0, 0.1) is 17.0 Å². The number of aryl methyl sites for hydroxylation is 1. The zero-order valence-electron chi connectivity index (χ0n) is 12.5. The number of benzene rings is 1. The van der Waals surface area contributed by atoms with E-state index in [1.54, 1.807) is 26.2 Å². The average Bonchev–Trinajstić information content (AvgIpc) is 2.46. The van der Waals surface area contributed by atoms with Crippen LogP contribution in [0.3, 0.4) is 0 Å². The highest BCUT2D eigenvalue weighted by molar-refractivity contribution is 5.48. The van der Waals surface area contributed by atoms with Gasteiger partial charge >= 0.3 is 5.69 Å². The van der Waals surface area contributed by atoms with Crippen LogP contribution in [0.1, 0.15) is 5.56 Å². The van der Waals surface area contributed by atoms with Crippen molar-refractivity contribution in [2.75, 3.05) is 46.6 Å². The van der Waals surface area contributed by atoms with Crippen LogP contribution in [0.25, 0.3) is 0 Å². The molecule has 7 nitrogen and oxygen atoms in total. The van der Waals surface area contributed by atoms with Gasteiger partial charge in [-0.15, -0.1) is 0 Å². The first-order chi connectivity index (χ1) is 10.1. The first-order valence-electron chi connectivity index (χ1n) is 6.91. The number of nitro groups is 1. The topological polar surface area (TPSA) is 87.4 Å². The average molecular weight is 299 g/mol. The highest BCUT2D eigenvalue weighted by Gasteiger charge is 2.14. The maximum Gasteiger partial charge on any atom is 0.311 e. The summed E-state index contributed by atoms with van der Waals surface area (Å²) in [6.07, 6.45) is 0. The van der Waals surface area contributed by atoms with Gasteiger partial charge in [0.25, 0.3) is 0 Å². The van der Waals surface area contributed by atoms with Crippen LogP contribution in [-0.4, -0.2) is 51.6 Å². The van der Waals surface area contributed by atoms with E-state index in [1.165, 1.54) is 6.07 Å². The van der Waals surface area contributed by atoms with Gasteiger partial charge in [-0.3, -0.25) is 10.1 Å². The minimum atomic E-state index is -0.437. The van der Waals surface area contributed by atoms with Crippen LogP contribution in [0.2, 0.25) is 0 Å². The van der Waals surface area contributed by atoms with Gasteiger partial charge in [0.15, 0.2) is 5.75 Å². The van der Waals surface area contributed by atoms with Gasteiger partial charge in [-0.05, 0) is 18.6 Å². The quantitative estimate of drug-likeness (QED) is 0.365. The predicted molar refractivity (Wildman–Crippen MR) is 77.7 cm³/mol. The molecule has 118 valence electrons. The van der Waals surface area contributed by atoms with Crippen molar-refractivity contribution in [2.24, 2.45) is 0 Å². The highest BCUT2D eigenvalue weighted by Crippen LogP contribution is 2.27. The molecular weight excluding hydrogens is 276 g/mol.